The molecule has 176 valence electrons. The predicted octanol–water partition coefficient (Wildman–Crippen LogP) is 2.05. The standard InChI is InChI=1S/C20H25F2N3O6S/c1-2-30-18(26)23-9-14-10-25(19(27)31-14)13-7-15(21)17(16(22)8-13)24-5-3-20(4-6-24)11-32(28,29)12-20/h7-8,14H,2-6,9-12H2,1H3,(H,23,26)/t14-/m0/s1. The largest absolute Gasteiger partial charge is 0.450 e. The number of benzene rings is 1. The number of hydrogen-bond acceptors (Lipinski definition) is 7. The van der Waals surface area contributed by atoms with Gasteiger partial charge in [-0.15, -0.1) is 0 Å². The SMILES string of the molecule is CCOC(=O)NC[C@H]1CN(c2cc(F)c(N3CCC4(CC3)CS(=O)(=O)C4)c(F)c2)C(=O)O1. The molecule has 3 heterocycles. The molecule has 1 aromatic carbocycles. The molecule has 3 saturated heterocycles. The van der Waals surface area contributed by atoms with Crippen molar-refractivity contribution in [1.29, 1.82) is 0 Å². The van der Waals surface area contributed by atoms with Gasteiger partial charge in [-0.1, -0.05) is 0 Å². The maximum absolute atomic E-state index is 14.9. The molecule has 0 unspecified atom stereocenters. The molecule has 0 bridgehead atoms. The van der Waals surface area contributed by atoms with Gasteiger partial charge >= 0.3 is 12.2 Å². The number of carbonyl (C=O) groups is 2. The fourth-order valence-corrected chi connectivity index (χ4v) is 6.97. The van der Waals surface area contributed by atoms with Crippen LogP contribution in [0.1, 0.15) is 19.8 Å². The molecule has 0 radical (unpaired) electrons. The van der Waals surface area contributed by atoms with Gasteiger partial charge in [-0.2, -0.15) is 0 Å². The maximum Gasteiger partial charge on any atom is 0.414 e. The van der Waals surface area contributed by atoms with Crippen molar-refractivity contribution in [2.45, 2.75) is 25.9 Å². The number of anilines is 2. The number of halogens is 2. The molecule has 12 heteroatoms. The van der Waals surface area contributed by atoms with Crippen LogP contribution < -0.4 is 15.1 Å². The van der Waals surface area contributed by atoms with E-state index in [0.29, 0.717) is 25.9 Å². The molecule has 4 rings (SSSR count). The summed E-state index contributed by atoms with van der Waals surface area (Å²) >= 11 is 0. The third-order valence-corrected chi connectivity index (χ3v) is 8.23. The summed E-state index contributed by atoms with van der Waals surface area (Å²) in [5.41, 5.74) is -0.432. The van der Waals surface area contributed by atoms with Crippen molar-refractivity contribution in [3.63, 3.8) is 0 Å². The number of amides is 2. The van der Waals surface area contributed by atoms with Gasteiger partial charge in [0, 0.05) is 30.6 Å². The van der Waals surface area contributed by atoms with Crippen LogP contribution >= 0.6 is 0 Å². The Balaban J connectivity index is 1.41. The Morgan fingerprint density at radius 3 is 2.44 bits per heavy atom. The molecular weight excluding hydrogens is 448 g/mol. The van der Waals surface area contributed by atoms with E-state index in [4.69, 9.17) is 9.47 Å². The molecule has 3 aliphatic heterocycles. The van der Waals surface area contributed by atoms with E-state index in [0.717, 1.165) is 17.0 Å². The predicted molar refractivity (Wildman–Crippen MR) is 112 cm³/mol. The van der Waals surface area contributed by atoms with Crippen molar-refractivity contribution < 1.29 is 36.3 Å². The van der Waals surface area contributed by atoms with Crippen LogP contribution in [0.2, 0.25) is 0 Å². The fraction of sp³-hybridized carbons (Fsp3) is 0.600. The fourth-order valence-electron chi connectivity index (χ4n) is 4.61. The molecule has 1 atom stereocenters. The van der Waals surface area contributed by atoms with Crippen LogP contribution in [0.3, 0.4) is 0 Å². The average Bonchev–Trinajstić information content (AvgIpc) is 3.07. The van der Waals surface area contributed by atoms with Crippen LogP contribution in [0.4, 0.5) is 29.7 Å². The normalized spacial score (nSPS) is 23.6. The molecule has 1 aromatic rings. The summed E-state index contributed by atoms with van der Waals surface area (Å²) in [6.45, 7) is 2.60. The van der Waals surface area contributed by atoms with Gasteiger partial charge in [-0.3, -0.25) is 4.90 Å². The molecule has 32 heavy (non-hydrogen) atoms. The van der Waals surface area contributed by atoms with Gasteiger partial charge in [0.05, 0.1) is 36.9 Å². The summed E-state index contributed by atoms with van der Waals surface area (Å²) in [6, 6.07) is 2.16. The van der Waals surface area contributed by atoms with E-state index in [-0.39, 0.29) is 48.0 Å². The molecule has 1 spiro atoms. The quantitative estimate of drug-likeness (QED) is 0.698. The van der Waals surface area contributed by atoms with Gasteiger partial charge in [-0.25, -0.2) is 26.8 Å². The second-order valence-electron chi connectivity index (χ2n) is 8.50. The Bertz CT molecular complexity index is 989. The Hall–Kier alpha value is -2.63. The number of carbonyl (C=O) groups excluding carboxylic acids is 2. The van der Waals surface area contributed by atoms with E-state index in [9.17, 15) is 26.8 Å². The first-order valence-corrected chi connectivity index (χ1v) is 12.3. The molecule has 3 fully saturated rings. The summed E-state index contributed by atoms with van der Waals surface area (Å²) in [4.78, 5) is 26.3. The number of piperidine rings is 1. The van der Waals surface area contributed by atoms with Crippen molar-refractivity contribution in [1.82, 2.24) is 5.32 Å². The second kappa shape index (κ2) is 8.38. The minimum absolute atomic E-state index is 0.00929. The molecule has 9 nitrogen and oxygen atoms in total. The zero-order valence-electron chi connectivity index (χ0n) is 17.6. The van der Waals surface area contributed by atoms with Crippen LogP contribution in [-0.4, -0.2) is 71.0 Å². The molecule has 0 aliphatic carbocycles. The minimum atomic E-state index is -2.97. The zero-order valence-corrected chi connectivity index (χ0v) is 18.4. The number of hydrogen-bond donors (Lipinski definition) is 1. The molecule has 3 aliphatic rings. The third kappa shape index (κ3) is 4.45. The Morgan fingerprint density at radius 2 is 1.88 bits per heavy atom. The molecule has 0 aromatic heterocycles. The molecular formula is C20H25F2N3O6S. The highest BCUT2D eigenvalue weighted by atomic mass is 32.2. The first kappa shape index (κ1) is 22.6. The monoisotopic (exact) mass is 473 g/mol. The highest BCUT2D eigenvalue weighted by molar-refractivity contribution is 7.92. The van der Waals surface area contributed by atoms with E-state index in [1.54, 1.807) is 11.8 Å². The number of cyclic esters (lactones) is 1. The molecule has 1 N–H and O–H groups in total. The summed E-state index contributed by atoms with van der Waals surface area (Å²) in [5.74, 6) is -1.33. The lowest BCUT2D eigenvalue weighted by Crippen LogP contribution is -2.54. The van der Waals surface area contributed by atoms with Crippen molar-refractivity contribution in [3.8, 4) is 0 Å². The van der Waals surface area contributed by atoms with Gasteiger partial charge in [0.2, 0.25) is 0 Å². The number of rotatable bonds is 5. The minimum Gasteiger partial charge on any atom is -0.450 e. The van der Waals surface area contributed by atoms with E-state index in [2.05, 4.69) is 5.32 Å². The van der Waals surface area contributed by atoms with Gasteiger partial charge in [0.25, 0.3) is 0 Å². The number of nitrogens with zero attached hydrogens (tertiary/aromatic N) is 2. The number of sulfone groups is 1. The van der Waals surface area contributed by atoms with Crippen LogP contribution in [-0.2, 0) is 19.3 Å². The number of ether oxygens (including phenoxy) is 2. The summed E-state index contributed by atoms with van der Waals surface area (Å²) < 4.78 is 62.7. The third-order valence-electron chi connectivity index (χ3n) is 6.13. The van der Waals surface area contributed by atoms with Crippen LogP contribution in [0, 0.1) is 17.0 Å². The van der Waals surface area contributed by atoms with Gasteiger partial charge in [-0.05, 0) is 19.8 Å². The Kier molecular flexibility index (Phi) is 5.91. The van der Waals surface area contributed by atoms with E-state index < -0.39 is 39.8 Å². The lowest BCUT2D eigenvalue weighted by Gasteiger charge is -2.47. The molecule has 0 saturated carbocycles. The lowest BCUT2D eigenvalue weighted by molar-refractivity contribution is 0.127. The van der Waals surface area contributed by atoms with Crippen LogP contribution in [0.15, 0.2) is 12.1 Å². The van der Waals surface area contributed by atoms with E-state index >= 15 is 0 Å². The Morgan fingerprint density at radius 1 is 1.25 bits per heavy atom. The molecule has 2 amide bonds. The smallest absolute Gasteiger partial charge is 0.414 e. The van der Waals surface area contributed by atoms with Gasteiger partial charge in [0.15, 0.2) is 21.5 Å². The summed E-state index contributed by atoms with van der Waals surface area (Å²) in [7, 11) is -2.97. The summed E-state index contributed by atoms with van der Waals surface area (Å²) in [6.07, 6.45) is -0.986. The van der Waals surface area contributed by atoms with E-state index in [1.165, 1.54) is 0 Å². The highest BCUT2D eigenvalue weighted by Crippen LogP contribution is 2.44. The van der Waals surface area contributed by atoms with Crippen LogP contribution in [0.5, 0.6) is 0 Å². The van der Waals surface area contributed by atoms with Gasteiger partial charge in [0.1, 0.15) is 11.8 Å². The zero-order chi connectivity index (χ0) is 23.1. The Labute approximate surface area is 184 Å². The van der Waals surface area contributed by atoms with Crippen molar-refractivity contribution in [3.05, 3.63) is 23.8 Å². The van der Waals surface area contributed by atoms with Crippen molar-refractivity contribution in [2.75, 3.05) is 54.1 Å². The maximum atomic E-state index is 14.9. The van der Waals surface area contributed by atoms with Gasteiger partial charge < -0.3 is 19.7 Å². The first-order chi connectivity index (χ1) is 15.1. The topological polar surface area (TPSA) is 105 Å². The summed E-state index contributed by atoms with van der Waals surface area (Å²) in [5, 5.41) is 2.46. The van der Waals surface area contributed by atoms with Crippen molar-refractivity contribution in [2.24, 2.45) is 5.41 Å². The van der Waals surface area contributed by atoms with Crippen LogP contribution in [0.25, 0.3) is 0 Å². The van der Waals surface area contributed by atoms with E-state index in [1.807, 2.05) is 0 Å². The number of nitrogens with one attached hydrogen (secondary N) is 1. The first-order valence-electron chi connectivity index (χ1n) is 10.4. The number of alkyl carbamates (subject to hydrolysis) is 1. The highest BCUT2D eigenvalue weighted by Gasteiger charge is 2.50. The lowest BCUT2D eigenvalue weighted by atomic mass is 9.81. The second-order valence-corrected chi connectivity index (χ2v) is 10.6. The average molecular weight is 473 g/mol. The van der Waals surface area contributed by atoms with Crippen molar-refractivity contribution >= 4 is 33.4 Å².